The van der Waals surface area contributed by atoms with E-state index in [1.54, 1.807) is 19.2 Å². The van der Waals surface area contributed by atoms with Gasteiger partial charge in [0.15, 0.2) is 5.96 Å². The Morgan fingerprint density at radius 3 is 2.52 bits per heavy atom. The molecule has 2 heterocycles. The van der Waals surface area contributed by atoms with E-state index in [2.05, 4.69) is 27.4 Å². The van der Waals surface area contributed by atoms with E-state index in [1.807, 2.05) is 7.05 Å². The summed E-state index contributed by atoms with van der Waals surface area (Å²) in [5.41, 5.74) is 0.157. The van der Waals surface area contributed by atoms with Crippen LogP contribution in [0.15, 0.2) is 29.3 Å². The summed E-state index contributed by atoms with van der Waals surface area (Å²) in [5.74, 6) is 1.00. The summed E-state index contributed by atoms with van der Waals surface area (Å²) < 4.78 is 44.6. The molecular formula is C22H34F3IN4O. The largest absolute Gasteiger partial charge is 0.416 e. The van der Waals surface area contributed by atoms with Crippen molar-refractivity contribution in [2.24, 2.45) is 10.9 Å². The van der Waals surface area contributed by atoms with Gasteiger partial charge in [0.1, 0.15) is 0 Å². The maximum atomic E-state index is 12.9. The first-order chi connectivity index (χ1) is 14.2. The zero-order valence-electron chi connectivity index (χ0n) is 18.5. The molecule has 2 fully saturated rings. The second kappa shape index (κ2) is 11.2. The van der Waals surface area contributed by atoms with Crippen LogP contribution in [0.3, 0.4) is 0 Å². The lowest BCUT2D eigenvalue weighted by molar-refractivity contribution is -0.137. The van der Waals surface area contributed by atoms with Crippen molar-refractivity contribution in [1.82, 2.24) is 15.5 Å². The van der Waals surface area contributed by atoms with Crippen LogP contribution < -0.4 is 10.6 Å². The zero-order chi connectivity index (χ0) is 21.8. The molecule has 0 radical (unpaired) electrons. The van der Waals surface area contributed by atoms with E-state index in [1.165, 1.54) is 12.1 Å². The first kappa shape index (κ1) is 26.2. The van der Waals surface area contributed by atoms with Crippen LogP contribution in [0.25, 0.3) is 0 Å². The van der Waals surface area contributed by atoms with Gasteiger partial charge in [0.2, 0.25) is 0 Å². The number of alkyl halides is 3. The second-order valence-corrected chi connectivity index (χ2v) is 8.66. The molecule has 3 rings (SSSR count). The molecule has 0 spiro atoms. The van der Waals surface area contributed by atoms with Crippen LogP contribution in [0.4, 0.5) is 13.2 Å². The third-order valence-corrected chi connectivity index (χ3v) is 6.27. The summed E-state index contributed by atoms with van der Waals surface area (Å²) in [6.07, 6.45) is -0.123. The van der Waals surface area contributed by atoms with E-state index in [9.17, 15) is 13.2 Å². The van der Waals surface area contributed by atoms with E-state index in [0.29, 0.717) is 13.1 Å². The molecule has 176 valence electrons. The summed E-state index contributed by atoms with van der Waals surface area (Å²) in [6.45, 7) is 5.24. The minimum Gasteiger partial charge on any atom is -0.373 e. The SMILES string of the molecule is CN=C(NCC1CCCN(C)C1c1ccc(C(F)(F)F)cc1)NCC1(C)CCCO1.I. The molecule has 2 aliphatic rings. The number of halogens is 4. The summed E-state index contributed by atoms with van der Waals surface area (Å²) in [6, 6.07) is 5.68. The number of ether oxygens (including phenoxy) is 1. The van der Waals surface area contributed by atoms with Gasteiger partial charge >= 0.3 is 6.18 Å². The zero-order valence-corrected chi connectivity index (χ0v) is 20.8. The van der Waals surface area contributed by atoms with Crippen LogP contribution >= 0.6 is 24.0 Å². The number of nitrogens with zero attached hydrogens (tertiary/aromatic N) is 2. The number of benzene rings is 1. The van der Waals surface area contributed by atoms with E-state index >= 15 is 0 Å². The van der Waals surface area contributed by atoms with Crippen molar-refractivity contribution in [3.05, 3.63) is 35.4 Å². The molecule has 0 aliphatic carbocycles. The summed E-state index contributed by atoms with van der Waals surface area (Å²) >= 11 is 0. The predicted molar refractivity (Wildman–Crippen MR) is 128 cm³/mol. The molecule has 2 aliphatic heterocycles. The number of nitrogens with one attached hydrogen (secondary N) is 2. The van der Waals surface area contributed by atoms with E-state index < -0.39 is 11.7 Å². The average Bonchev–Trinajstić information content (AvgIpc) is 3.14. The van der Waals surface area contributed by atoms with Gasteiger partial charge in [0.25, 0.3) is 0 Å². The topological polar surface area (TPSA) is 48.9 Å². The Bertz CT molecular complexity index is 720. The molecule has 31 heavy (non-hydrogen) atoms. The molecule has 0 aromatic heterocycles. The number of hydrogen-bond acceptors (Lipinski definition) is 3. The first-order valence-corrected chi connectivity index (χ1v) is 10.7. The van der Waals surface area contributed by atoms with Crippen LogP contribution in [0.5, 0.6) is 0 Å². The lowest BCUT2D eigenvalue weighted by atomic mass is 9.84. The number of likely N-dealkylation sites (tertiary alicyclic amines) is 1. The maximum Gasteiger partial charge on any atom is 0.416 e. The fourth-order valence-electron chi connectivity index (χ4n) is 4.56. The van der Waals surface area contributed by atoms with Crippen molar-refractivity contribution in [2.75, 3.05) is 40.3 Å². The molecule has 3 unspecified atom stereocenters. The molecule has 0 amide bonds. The predicted octanol–water partition coefficient (Wildman–Crippen LogP) is 4.44. The molecule has 2 N–H and O–H groups in total. The van der Waals surface area contributed by atoms with Crippen LogP contribution in [0, 0.1) is 5.92 Å². The van der Waals surface area contributed by atoms with Crippen molar-refractivity contribution in [3.63, 3.8) is 0 Å². The van der Waals surface area contributed by atoms with Gasteiger partial charge in [-0.15, -0.1) is 24.0 Å². The van der Waals surface area contributed by atoms with Gasteiger partial charge in [-0.3, -0.25) is 9.89 Å². The Hall–Kier alpha value is -1.07. The number of guanidine groups is 1. The molecule has 1 aromatic rings. The second-order valence-electron chi connectivity index (χ2n) is 8.66. The van der Waals surface area contributed by atoms with E-state index in [-0.39, 0.29) is 41.5 Å². The van der Waals surface area contributed by atoms with Gasteiger partial charge in [-0.2, -0.15) is 13.2 Å². The maximum absolute atomic E-state index is 12.9. The van der Waals surface area contributed by atoms with Crippen LogP contribution in [0.1, 0.15) is 49.8 Å². The van der Waals surface area contributed by atoms with Crippen molar-refractivity contribution >= 4 is 29.9 Å². The van der Waals surface area contributed by atoms with Crippen molar-refractivity contribution in [1.29, 1.82) is 0 Å². The lowest BCUT2D eigenvalue weighted by Crippen LogP contribution is -2.48. The molecule has 0 saturated carbocycles. The Morgan fingerprint density at radius 1 is 1.23 bits per heavy atom. The molecule has 1 aromatic carbocycles. The molecule has 0 bridgehead atoms. The van der Waals surface area contributed by atoms with Crippen molar-refractivity contribution in [3.8, 4) is 0 Å². The lowest BCUT2D eigenvalue weighted by Gasteiger charge is -2.40. The highest BCUT2D eigenvalue weighted by molar-refractivity contribution is 14.0. The Balaban J connectivity index is 0.00000341. The van der Waals surface area contributed by atoms with Gasteiger partial charge < -0.3 is 15.4 Å². The summed E-state index contributed by atoms with van der Waals surface area (Å²) in [5, 5.41) is 6.77. The third kappa shape index (κ3) is 6.95. The first-order valence-electron chi connectivity index (χ1n) is 10.7. The minimum absolute atomic E-state index is 0. The van der Waals surface area contributed by atoms with Gasteiger partial charge in [-0.1, -0.05) is 12.1 Å². The molecule has 2 saturated heterocycles. The Labute approximate surface area is 200 Å². The van der Waals surface area contributed by atoms with Gasteiger partial charge in [0.05, 0.1) is 11.2 Å². The summed E-state index contributed by atoms with van der Waals surface area (Å²) in [7, 11) is 3.79. The number of piperidine rings is 1. The smallest absolute Gasteiger partial charge is 0.373 e. The van der Waals surface area contributed by atoms with Crippen molar-refractivity contribution in [2.45, 2.75) is 50.4 Å². The highest BCUT2D eigenvalue weighted by Crippen LogP contribution is 2.36. The van der Waals surface area contributed by atoms with E-state index in [0.717, 1.165) is 50.4 Å². The van der Waals surface area contributed by atoms with Crippen LogP contribution in [0.2, 0.25) is 0 Å². The highest BCUT2D eigenvalue weighted by atomic mass is 127. The van der Waals surface area contributed by atoms with Crippen molar-refractivity contribution < 1.29 is 17.9 Å². The number of rotatable bonds is 5. The molecule has 3 atom stereocenters. The standard InChI is InChI=1S/C22H33F3N4O.HI/c1-21(11-5-13-30-21)15-28-20(26-2)27-14-17-6-4-12-29(3)19(17)16-7-9-18(10-8-16)22(23,24)25;/h7-10,17,19H,4-6,11-15H2,1-3H3,(H2,26,27,28);1H. The van der Waals surface area contributed by atoms with Crippen LogP contribution in [-0.4, -0.2) is 56.8 Å². The fourth-order valence-corrected chi connectivity index (χ4v) is 4.56. The van der Waals surface area contributed by atoms with Gasteiger partial charge in [-0.05, 0) is 69.8 Å². The molecule has 9 heteroatoms. The molecular weight excluding hydrogens is 520 g/mol. The Kier molecular flexibility index (Phi) is 9.44. The fraction of sp³-hybridized carbons (Fsp3) is 0.682. The number of hydrogen-bond donors (Lipinski definition) is 2. The minimum atomic E-state index is -4.31. The molecule has 5 nitrogen and oxygen atoms in total. The normalized spacial score (nSPS) is 27.6. The van der Waals surface area contributed by atoms with Gasteiger partial charge in [-0.25, -0.2) is 0 Å². The average molecular weight is 554 g/mol. The van der Waals surface area contributed by atoms with E-state index in [4.69, 9.17) is 4.74 Å². The van der Waals surface area contributed by atoms with Gasteiger partial charge in [0, 0.05) is 32.8 Å². The highest BCUT2D eigenvalue weighted by Gasteiger charge is 2.34. The third-order valence-electron chi connectivity index (χ3n) is 6.27. The van der Waals surface area contributed by atoms with Crippen LogP contribution in [-0.2, 0) is 10.9 Å². The quantitative estimate of drug-likeness (QED) is 0.321. The monoisotopic (exact) mass is 554 g/mol. The number of aliphatic imine (C=N–C) groups is 1. The summed E-state index contributed by atoms with van der Waals surface area (Å²) in [4.78, 5) is 6.56. The Morgan fingerprint density at radius 2 is 1.94 bits per heavy atom.